The summed E-state index contributed by atoms with van der Waals surface area (Å²) < 4.78 is 7.61. The van der Waals surface area contributed by atoms with Gasteiger partial charge in [0.25, 0.3) is 5.91 Å². The molecule has 1 aliphatic heterocycles. The smallest absolute Gasteiger partial charge is 0.265 e. The second kappa shape index (κ2) is 5.47. The molecule has 1 aromatic heterocycles. The van der Waals surface area contributed by atoms with Crippen molar-refractivity contribution in [1.82, 2.24) is 9.55 Å². The van der Waals surface area contributed by atoms with Crippen molar-refractivity contribution >= 4 is 17.3 Å². The Hall–Kier alpha value is -2.50. The van der Waals surface area contributed by atoms with Crippen LogP contribution in [0, 0.1) is 0 Å². The molecule has 1 unspecified atom stereocenters. The minimum Gasteiger partial charge on any atom is -0.479 e. The highest BCUT2D eigenvalue weighted by Crippen LogP contribution is 2.32. The van der Waals surface area contributed by atoms with E-state index >= 15 is 0 Å². The SMILES string of the molecule is CCn1cncc1CNc1ccc2c(c1)NC(=O)C(C)O2. The minimum atomic E-state index is -0.449. The van der Waals surface area contributed by atoms with Crippen molar-refractivity contribution in [3.8, 4) is 5.75 Å². The third-order valence-corrected chi connectivity index (χ3v) is 3.52. The van der Waals surface area contributed by atoms with Crippen molar-refractivity contribution in [2.45, 2.75) is 33.0 Å². The van der Waals surface area contributed by atoms with Crippen molar-refractivity contribution in [3.05, 3.63) is 36.4 Å². The van der Waals surface area contributed by atoms with E-state index in [1.807, 2.05) is 30.7 Å². The van der Waals surface area contributed by atoms with E-state index in [1.54, 1.807) is 6.92 Å². The average Bonchev–Trinajstić information content (AvgIpc) is 2.94. The van der Waals surface area contributed by atoms with Gasteiger partial charge in [0, 0.05) is 18.4 Å². The highest BCUT2D eigenvalue weighted by atomic mass is 16.5. The molecule has 110 valence electrons. The molecule has 1 aliphatic rings. The molecular formula is C15H18N4O2. The lowest BCUT2D eigenvalue weighted by atomic mass is 10.2. The minimum absolute atomic E-state index is 0.122. The highest BCUT2D eigenvalue weighted by Gasteiger charge is 2.23. The van der Waals surface area contributed by atoms with E-state index in [4.69, 9.17) is 4.74 Å². The molecule has 1 aromatic carbocycles. The Morgan fingerprint density at radius 1 is 1.48 bits per heavy atom. The van der Waals surface area contributed by atoms with Crippen molar-refractivity contribution < 1.29 is 9.53 Å². The van der Waals surface area contributed by atoms with Crippen molar-refractivity contribution in [2.24, 2.45) is 0 Å². The molecule has 0 spiro atoms. The summed E-state index contributed by atoms with van der Waals surface area (Å²) >= 11 is 0. The lowest BCUT2D eigenvalue weighted by Crippen LogP contribution is -2.34. The summed E-state index contributed by atoms with van der Waals surface area (Å²) in [7, 11) is 0. The maximum absolute atomic E-state index is 11.6. The number of amides is 1. The molecule has 6 heteroatoms. The van der Waals surface area contributed by atoms with Crippen LogP contribution < -0.4 is 15.4 Å². The van der Waals surface area contributed by atoms with E-state index in [1.165, 1.54) is 0 Å². The zero-order valence-corrected chi connectivity index (χ0v) is 12.1. The summed E-state index contributed by atoms with van der Waals surface area (Å²) in [6.07, 6.45) is 3.22. The molecule has 0 fully saturated rings. The molecule has 2 heterocycles. The second-order valence-corrected chi connectivity index (χ2v) is 4.98. The fraction of sp³-hybridized carbons (Fsp3) is 0.333. The fourth-order valence-corrected chi connectivity index (χ4v) is 2.29. The summed E-state index contributed by atoms with van der Waals surface area (Å²) in [4.78, 5) is 15.8. The lowest BCUT2D eigenvalue weighted by molar-refractivity contribution is -0.122. The second-order valence-electron chi connectivity index (χ2n) is 4.98. The van der Waals surface area contributed by atoms with E-state index in [0.29, 0.717) is 18.0 Å². The number of aryl methyl sites for hydroxylation is 1. The first kappa shape index (κ1) is 13.5. The summed E-state index contributed by atoms with van der Waals surface area (Å²) in [5.41, 5.74) is 2.74. The monoisotopic (exact) mass is 286 g/mol. The van der Waals surface area contributed by atoms with Crippen LogP contribution in [0.15, 0.2) is 30.7 Å². The maximum Gasteiger partial charge on any atom is 0.265 e. The predicted molar refractivity (Wildman–Crippen MR) is 80.4 cm³/mol. The van der Waals surface area contributed by atoms with Gasteiger partial charge in [-0.3, -0.25) is 4.79 Å². The number of carbonyl (C=O) groups is 1. The van der Waals surface area contributed by atoms with Crippen LogP contribution >= 0.6 is 0 Å². The van der Waals surface area contributed by atoms with Crippen molar-refractivity contribution in [3.63, 3.8) is 0 Å². The molecule has 0 saturated heterocycles. The normalized spacial score (nSPS) is 16.9. The van der Waals surface area contributed by atoms with Crippen LogP contribution in [0.3, 0.4) is 0 Å². The molecule has 3 rings (SSSR count). The molecule has 1 amide bonds. The van der Waals surface area contributed by atoms with Crippen LogP contribution in [0.1, 0.15) is 19.5 Å². The van der Waals surface area contributed by atoms with Crippen molar-refractivity contribution in [1.29, 1.82) is 0 Å². The van der Waals surface area contributed by atoms with Gasteiger partial charge in [0.05, 0.1) is 24.3 Å². The van der Waals surface area contributed by atoms with Gasteiger partial charge in [0.1, 0.15) is 5.75 Å². The first-order chi connectivity index (χ1) is 10.2. The molecule has 6 nitrogen and oxygen atoms in total. The van der Waals surface area contributed by atoms with Crippen LogP contribution in [0.5, 0.6) is 5.75 Å². The first-order valence-electron chi connectivity index (χ1n) is 7.02. The van der Waals surface area contributed by atoms with Gasteiger partial charge in [0.2, 0.25) is 0 Å². The van der Waals surface area contributed by atoms with E-state index in [0.717, 1.165) is 17.9 Å². The summed E-state index contributed by atoms with van der Waals surface area (Å²) in [6, 6.07) is 5.69. The van der Waals surface area contributed by atoms with E-state index < -0.39 is 6.10 Å². The van der Waals surface area contributed by atoms with E-state index in [9.17, 15) is 4.79 Å². The number of benzene rings is 1. The quantitative estimate of drug-likeness (QED) is 0.904. The Balaban J connectivity index is 1.73. The van der Waals surface area contributed by atoms with E-state index in [2.05, 4.69) is 27.1 Å². The number of hydrogen-bond acceptors (Lipinski definition) is 4. The van der Waals surface area contributed by atoms with Crippen LogP contribution in [-0.2, 0) is 17.9 Å². The largest absolute Gasteiger partial charge is 0.479 e. The topological polar surface area (TPSA) is 68.2 Å². The summed E-state index contributed by atoms with van der Waals surface area (Å²) in [5, 5.41) is 6.17. The summed E-state index contributed by atoms with van der Waals surface area (Å²) in [6.45, 7) is 5.38. The van der Waals surface area contributed by atoms with E-state index in [-0.39, 0.29) is 5.91 Å². The predicted octanol–water partition coefficient (Wildman–Crippen LogP) is 2.23. The number of carbonyl (C=O) groups excluding carboxylic acids is 1. The Morgan fingerprint density at radius 2 is 2.33 bits per heavy atom. The van der Waals surface area contributed by atoms with Crippen LogP contribution in [0.25, 0.3) is 0 Å². The average molecular weight is 286 g/mol. The van der Waals surface area contributed by atoms with Crippen molar-refractivity contribution in [2.75, 3.05) is 10.6 Å². The Morgan fingerprint density at radius 3 is 3.14 bits per heavy atom. The van der Waals surface area contributed by atoms with Gasteiger partial charge in [-0.2, -0.15) is 0 Å². The standard InChI is InChI=1S/C15H18N4O2/c1-3-19-9-16-7-12(19)8-17-11-4-5-14-13(6-11)18-15(20)10(2)21-14/h4-7,9-10,17H,3,8H2,1-2H3,(H,18,20). The number of aromatic nitrogens is 2. The third kappa shape index (κ3) is 2.69. The maximum atomic E-state index is 11.6. The Bertz CT molecular complexity index is 665. The molecule has 2 aromatic rings. The third-order valence-electron chi connectivity index (χ3n) is 3.52. The van der Waals surface area contributed by atoms with Crippen LogP contribution in [-0.4, -0.2) is 21.6 Å². The lowest BCUT2D eigenvalue weighted by Gasteiger charge is -2.23. The van der Waals surface area contributed by atoms with Gasteiger partial charge >= 0.3 is 0 Å². The van der Waals surface area contributed by atoms with Gasteiger partial charge in [-0.1, -0.05) is 0 Å². The van der Waals surface area contributed by atoms with Gasteiger partial charge < -0.3 is 19.9 Å². The molecule has 0 saturated carbocycles. The van der Waals surface area contributed by atoms with Gasteiger partial charge in [-0.25, -0.2) is 4.98 Å². The number of hydrogen-bond donors (Lipinski definition) is 2. The Labute approximate surface area is 123 Å². The van der Waals surface area contributed by atoms with Gasteiger partial charge in [-0.05, 0) is 32.0 Å². The summed E-state index contributed by atoms with van der Waals surface area (Å²) in [5.74, 6) is 0.579. The van der Waals surface area contributed by atoms with Crippen LogP contribution in [0.2, 0.25) is 0 Å². The number of anilines is 2. The zero-order chi connectivity index (χ0) is 14.8. The molecular weight excluding hydrogens is 268 g/mol. The number of rotatable bonds is 4. The highest BCUT2D eigenvalue weighted by molar-refractivity contribution is 5.98. The number of ether oxygens (including phenoxy) is 1. The molecule has 0 aliphatic carbocycles. The zero-order valence-electron chi connectivity index (χ0n) is 12.1. The molecule has 0 radical (unpaired) electrons. The number of fused-ring (bicyclic) bond motifs is 1. The van der Waals surface area contributed by atoms with Gasteiger partial charge in [-0.15, -0.1) is 0 Å². The number of imidazole rings is 1. The molecule has 21 heavy (non-hydrogen) atoms. The van der Waals surface area contributed by atoms with Crippen LogP contribution in [0.4, 0.5) is 11.4 Å². The first-order valence-corrected chi connectivity index (χ1v) is 7.02. The molecule has 1 atom stereocenters. The Kier molecular flexibility index (Phi) is 3.51. The number of nitrogens with zero attached hydrogens (tertiary/aromatic N) is 2. The van der Waals surface area contributed by atoms with Gasteiger partial charge in [0.15, 0.2) is 6.10 Å². The fourth-order valence-electron chi connectivity index (χ4n) is 2.29. The number of nitrogens with one attached hydrogen (secondary N) is 2. The molecule has 0 bridgehead atoms. The molecule has 2 N–H and O–H groups in total.